The first-order valence-corrected chi connectivity index (χ1v) is 11.7. The third kappa shape index (κ3) is 6.09. The molecule has 30 heavy (non-hydrogen) atoms. The SMILES string of the molecule is Cc1ccccc1C(=O)N/N=C/c1cc(I)c(OCc2ccc(Cl)cc2Cl)c(I)c1. The molecule has 1 amide bonds. The van der Waals surface area contributed by atoms with Crippen LogP contribution in [0.25, 0.3) is 0 Å². The van der Waals surface area contributed by atoms with Crippen molar-refractivity contribution in [1.29, 1.82) is 0 Å². The summed E-state index contributed by atoms with van der Waals surface area (Å²) in [6.07, 6.45) is 1.61. The van der Waals surface area contributed by atoms with E-state index in [2.05, 4.69) is 55.7 Å². The van der Waals surface area contributed by atoms with E-state index in [1.807, 2.05) is 43.3 Å². The fourth-order valence-corrected chi connectivity index (χ4v) is 5.22. The second kappa shape index (κ2) is 10.8. The molecule has 0 spiro atoms. The largest absolute Gasteiger partial charge is 0.487 e. The van der Waals surface area contributed by atoms with Crippen molar-refractivity contribution < 1.29 is 9.53 Å². The van der Waals surface area contributed by atoms with E-state index in [1.54, 1.807) is 24.4 Å². The maximum Gasteiger partial charge on any atom is 0.271 e. The highest BCUT2D eigenvalue weighted by Crippen LogP contribution is 2.30. The minimum atomic E-state index is -0.242. The summed E-state index contributed by atoms with van der Waals surface area (Å²) < 4.78 is 7.84. The average molecular weight is 665 g/mol. The van der Waals surface area contributed by atoms with Crippen LogP contribution in [0, 0.1) is 14.1 Å². The van der Waals surface area contributed by atoms with Crippen LogP contribution in [0.3, 0.4) is 0 Å². The molecular formula is C22H16Cl2I2N2O2. The summed E-state index contributed by atoms with van der Waals surface area (Å²) in [7, 11) is 0. The number of halogens is 4. The van der Waals surface area contributed by atoms with Gasteiger partial charge >= 0.3 is 0 Å². The maximum absolute atomic E-state index is 12.2. The van der Waals surface area contributed by atoms with Crippen LogP contribution in [-0.4, -0.2) is 12.1 Å². The number of hydrogen-bond donors (Lipinski definition) is 1. The van der Waals surface area contributed by atoms with Crippen LogP contribution in [0.5, 0.6) is 5.75 Å². The molecular weight excluding hydrogens is 649 g/mol. The summed E-state index contributed by atoms with van der Waals surface area (Å²) in [4.78, 5) is 12.2. The number of ether oxygens (including phenoxy) is 1. The number of benzene rings is 3. The van der Waals surface area contributed by atoms with Crippen molar-refractivity contribution in [3.8, 4) is 5.75 Å². The molecule has 0 saturated heterocycles. The Labute approximate surface area is 212 Å². The van der Waals surface area contributed by atoms with Crippen LogP contribution in [0.1, 0.15) is 27.0 Å². The molecule has 8 heteroatoms. The maximum atomic E-state index is 12.2. The van der Waals surface area contributed by atoms with Gasteiger partial charge < -0.3 is 4.74 Å². The van der Waals surface area contributed by atoms with E-state index in [1.165, 1.54) is 0 Å². The summed E-state index contributed by atoms with van der Waals surface area (Å²) >= 11 is 16.6. The van der Waals surface area contributed by atoms with Crippen LogP contribution in [0.15, 0.2) is 59.7 Å². The summed E-state index contributed by atoms with van der Waals surface area (Å²) in [5.41, 5.74) is 5.78. The first-order chi connectivity index (χ1) is 14.3. The Kier molecular flexibility index (Phi) is 8.38. The normalized spacial score (nSPS) is 11.0. The zero-order chi connectivity index (χ0) is 21.7. The van der Waals surface area contributed by atoms with Gasteiger partial charge in [0.2, 0.25) is 0 Å². The van der Waals surface area contributed by atoms with Crippen LogP contribution in [-0.2, 0) is 6.61 Å². The molecule has 0 unspecified atom stereocenters. The van der Waals surface area contributed by atoms with Crippen LogP contribution in [0.4, 0.5) is 0 Å². The third-order valence-electron chi connectivity index (χ3n) is 4.18. The molecule has 154 valence electrons. The Bertz CT molecular complexity index is 1100. The molecule has 4 nitrogen and oxygen atoms in total. The molecule has 3 aromatic rings. The first-order valence-electron chi connectivity index (χ1n) is 8.80. The van der Waals surface area contributed by atoms with E-state index in [9.17, 15) is 4.79 Å². The lowest BCUT2D eigenvalue weighted by Crippen LogP contribution is -2.18. The summed E-state index contributed by atoms with van der Waals surface area (Å²) in [5, 5.41) is 5.24. The number of amides is 1. The van der Waals surface area contributed by atoms with E-state index < -0.39 is 0 Å². The van der Waals surface area contributed by atoms with E-state index in [0.29, 0.717) is 22.2 Å². The van der Waals surface area contributed by atoms with Crippen molar-refractivity contribution in [1.82, 2.24) is 5.43 Å². The second-order valence-electron chi connectivity index (χ2n) is 6.35. The number of nitrogens with zero attached hydrogens (tertiary/aromatic N) is 1. The van der Waals surface area contributed by atoms with Gasteiger partial charge in [0.05, 0.1) is 13.4 Å². The number of carbonyl (C=O) groups is 1. The van der Waals surface area contributed by atoms with E-state index in [4.69, 9.17) is 27.9 Å². The minimum absolute atomic E-state index is 0.242. The molecule has 0 heterocycles. The van der Waals surface area contributed by atoms with Gasteiger partial charge in [-0.05, 0) is 93.6 Å². The Morgan fingerprint density at radius 1 is 1.10 bits per heavy atom. The molecule has 0 radical (unpaired) electrons. The monoisotopic (exact) mass is 664 g/mol. The van der Waals surface area contributed by atoms with Crippen molar-refractivity contribution in [2.75, 3.05) is 0 Å². The molecule has 0 atom stereocenters. The van der Waals surface area contributed by atoms with Gasteiger partial charge in [0.25, 0.3) is 5.91 Å². The molecule has 0 aromatic heterocycles. The van der Waals surface area contributed by atoms with Crippen molar-refractivity contribution in [2.24, 2.45) is 5.10 Å². The number of carbonyl (C=O) groups excluding carboxylic acids is 1. The highest BCUT2D eigenvalue weighted by molar-refractivity contribution is 14.1. The van der Waals surface area contributed by atoms with Gasteiger partial charge in [0.15, 0.2) is 0 Å². The van der Waals surface area contributed by atoms with E-state index >= 15 is 0 Å². The lowest BCUT2D eigenvalue weighted by Gasteiger charge is -2.12. The van der Waals surface area contributed by atoms with Crippen molar-refractivity contribution in [3.05, 3.63) is 94.0 Å². The molecule has 0 saturated carbocycles. The van der Waals surface area contributed by atoms with Gasteiger partial charge in [-0.2, -0.15) is 5.10 Å². The molecule has 3 rings (SSSR count). The van der Waals surface area contributed by atoms with Gasteiger partial charge in [0, 0.05) is 21.2 Å². The van der Waals surface area contributed by atoms with Crippen molar-refractivity contribution >= 4 is 80.5 Å². The molecule has 0 aliphatic carbocycles. The van der Waals surface area contributed by atoms with Gasteiger partial charge in [-0.15, -0.1) is 0 Å². The predicted octanol–water partition coefficient (Wildman–Crippen LogP) is 6.85. The number of hydrazone groups is 1. The highest BCUT2D eigenvalue weighted by atomic mass is 127. The average Bonchev–Trinajstić information content (AvgIpc) is 2.69. The van der Waals surface area contributed by atoms with Crippen LogP contribution in [0.2, 0.25) is 10.0 Å². The zero-order valence-electron chi connectivity index (χ0n) is 15.8. The summed E-state index contributed by atoms with van der Waals surface area (Å²) in [6, 6.07) is 16.6. The topological polar surface area (TPSA) is 50.7 Å². The van der Waals surface area contributed by atoms with Gasteiger partial charge in [-0.1, -0.05) is 47.5 Å². The standard InChI is InChI=1S/C22H16Cl2I2N2O2/c1-13-4-2-3-5-17(13)22(29)28-27-11-14-8-19(25)21(20(26)9-14)30-12-15-6-7-16(23)10-18(15)24/h2-11H,12H2,1H3,(H,28,29)/b27-11+. The van der Waals surface area contributed by atoms with Gasteiger partial charge in [0.1, 0.15) is 12.4 Å². The van der Waals surface area contributed by atoms with Gasteiger partial charge in [-0.3, -0.25) is 4.79 Å². The van der Waals surface area contributed by atoms with E-state index in [-0.39, 0.29) is 5.91 Å². The fourth-order valence-electron chi connectivity index (χ4n) is 2.63. The highest BCUT2D eigenvalue weighted by Gasteiger charge is 2.11. The van der Waals surface area contributed by atoms with Crippen LogP contribution >= 0.6 is 68.4 Å². The molecule has 0 aliphatic rings. The van der Waals surface area contributed by atoms with Crippen molar-refractivity contribution in [2.45, 2.75) is 13.5 Å². The third-order valence-corrected chi connectivity index (χ3v) is 6.37. The van der Waals surface area contributed by atoms with E-state index in [0.717, 1.165) is 29.6 Å². The number of nitrogens with one attached hydrogen (secondary N) is 1. The Balaban J connectivity index is 1.67. The molecule has 0 bridgehead atoms. The quantitative estimate of drug-likeness (QED) is 0.178. The minimum Gasteiger partial charge on any atom is -0.487 e. The smallest absolute Gasteiger partial charge is 0.271 e. The molecule has 1 N–H and O–H groups in total. The number of hydrogen-bond acceptors (Lipinski definition) is 3. The van der Waals surface area contributed by atoms with Crippen molar-refractivity contribution in [3.63, 3.8) is 0 Å². The summed E-state index contributed by atoms with van der Waals surface area (Å²) in [5.74, 6) is 0.525. The summed E-state index contributed by atoms with van der Waals surface area (Å²) in [6.45, 7) is 2.22. The Morgan fingerprint density at radius 2 is 1.80 bits per heavy atom. The Hall–Kier alpha value is -1.36. The number of rotatable bonds is 6. The molecule has 3 aromatic carbocycles. The first kappa shape index (κ1) is 23.3. The zero-order valence-corrected chi connectivity index (χ0v) is 21.6. The second-order valence-corrected chi connectivity index (χ2v) is 9.52. The lowest BCUT2D eigenvalue weighted by molar-refractivity contribution is 0.0954. The fraction of sp³-hybridized carbons (Fsp3) is 0.0909. The molecule has 0 fully saturated rings. The van der Waals surface area contributed by atoms with Crippen LogP contribution < -0.4 is 10.2 Å². The predicted molar refractivity (Wildman–Crippen MR) is 139 cm³/mol. The number of aryl methyl sites for hydroxylation is 1. The lowest BCUT2D eigenvalue weighted by atomic mass is 10.1. The van der Waals surface area contributed by atoms with Gasteiger partial charge in [-0.25, -0.2) is 5.43 Å². The molecule has 0 aliphatic heterocycles. The Morgan fingerprint density at radius 3 is 2.47 bits per heavy atom.